The number of hydrogen-bond donors (Lipinski definition) is 1. The summed E-state index contributed by atoms with van der Waals surface area (Å²) in [5, 5.41) is 2.73. The number of benzene rings is 2. The van der Waals surface area contributed by atoms with Crippen LogP contribution in [-0.4, -0.2) is 86.8 Å². The van der Waals surface area contributed by atoms with Crippen molar-refractivity contribution in [3.05, 3.63) is 48.3 Å². The van der Waals surface area contributed by atoms with Crippen LogP contribution in [0.25, 0.3) is 10.9 Å². The lowest BCUT2D eigenvalue weighted by Gasteiger charge is -2.35. The molecule has 11 nitrogen and oxygen atoms in total. The van der Waals surface area contributed by atoms with Gasteiger partial charge in [0, 0.05) is 43.2 Å². The number of carbonyl (C=O) groups excluding carboxylic acids is 1. The van der Waals surface area contributed by atoms with Crippen LogP contribution in [0.15, 0.2) is 42.7 Å². The SMILES string of the molecule is COc1cc2c(N3CCN(NC(=O)c4ccc(OC(C)C)cc4)CC3)ncnc2cc1OCCCS(=O)(=O)CC(C)C. The number of fused-ring (bicyclic) bond motifs is 1. The molecule has 1 amide bonds. The lowest BCUT2D eigenvalue weighted by molar-refractivity contribution is 0.0777. The van der Waals surface area contributed by atoms with Crippen molar-refractivity contribution in [2.24, 2.45) is 5.92 Å². The molecule has 1 aliphatic heterocycles. The summed E-state index contributed by atoms with van der Waals surface area (Å²) >= 11 is 0. The number of rotatable bonds is 13. The Morgan fingerprint density at radius 1 is 1.00 bits per heavy atom. The molecule has 1 fully saturated rings. The zero-order valence-electron chi connectivity index (χ0n) is 25.0. The Kier molecular flexibility index (Phi) is 10.4. The van der Waals surface area contributed by atoms with E-state index in [-0.39, 0.29) is 36.0 Å². The van der Waals surface area contributed by atoms with E-state index in [0.29, 0.717) is 55.2 Å². The molecule has 3 aromatic rings. The molecular weight excluding hydrogens is 558 g/mol. The second-order valence-electron chi connectivity index (χ2n) is 11.0. The van der Waals surface area contributed by atoms with Gasteiger partial charge in [0.05, 0.1) is 36.8 Å². The minimum absolute atomic E-state index is 0.0712. The van der Waals surface area contributed by atoms with Crippen molar-refractivity contribution < 1.29 is 27.4 Å². The molecule has 1 saturated heterocycles. The highest BCUT2D eigenvalue weighted by molar-refractivity contribution is 7.91. The number of carbonyl (C=O) groups is 1. The Morgan fingerprint density at radius 3 is 2.36 bits per heavy atom. The Labute approximate surface area is 248 Å². The number of hydrogen-bond acceptors (Lipinski definition) is 10. The van der Waals surface area contributed by atoms with E-state index >= 15 is 0 Å². The molecule has 12 heteroatoms. The zero-order chi connectivity index (χ0) is 30.3. The molecule has 42 heavy (non-hydrogen) atoms. The van der Waals surface area contributed by atoms with Crippen molar-refractivity contribution in [3.8, 4) is 17.2 Å². The average molecular weight is 600 g/mol. The van der Waals surface area contributed by atoms with Crippen molar-refractivity contribution in [3.63, 3.8) is 0 Å². The Balaban J connectivity index is 1.36. The van der Waals surface area contributed by atoms with Gasteiger partial charge < -0.3 is 19.1 Å². The second kappa shape index (κ2) is 14.0. The standard InChI is InChI=1S/C30H41N5O6S/c1-21(2)19-42(37,38)16-6-15-40-28-18-26-25(17-27(28)39-5)29(32-20-31-26)34-11-13-35(14-12-34)33-30(36)23-7-9-24(10-8-23)41-22(3)4/h7-10,17-18,20-22H,6,11-16,19H2,1-5H3,(H,33,36). The Morgan fingerprint density at radius 2 is 1.71 bits per heavy atom. The van der Waals surface area contributed by atoms with Gasteiger partial charge in [-0.2, -0.15) is 0 Å². The van der Waals surface area contributed by atoms with Crippen molar-refractivity contribution in [1.82, 2.24) is 20.4 Å². The number of hydrazine groups is 1. The van der Waals surface area contributed by atoms with Gasteiger partial charge in [-0.25, -0.2) is 23.4 Å². The largest absolute Gasteiger partial charge is 0.493 e. The molecule has 0 saturated carbocycles. The third-order valence-corrected chi connectivity index (χ3v) is 8.76. The lowest BCUT2D eigenvalue weighted by Crippen LogP contribution is -2.53. The number of piperazine rings is 1. The van der Waals surface area contributed by atoms with Gasteiger partial charge in [-0.3, -0.25) is 10.2 Å². The summed E-state index contributed by atoms with van der Waals surface area (Å²) in [6.07, 6.45) is 1.99. The first kappa shape index (κ1) is 31.3. The van der Waals surface area contributed by atoms with Gasteiger partial charge in [0.25, 0.3) is 5.91 Å². The molecule has 228 valence electrons. The Bertz CT molecular complexity index is 1460. The minimum Gasteiger partial charge on any atom is -0.493 e. The number of anilines is 1. The third-order valence-electron chi connectivity index (χ3n) is 6.67. The number of nitrogens with zero attached hydrogens (tertiary/aromatic N) is 4. The smallest absolute Gasteiger partial charge is 0.265 e. The van der Waals surface area contributed by atoms with Crippen molar-refractivity contribution in [2.45, 2.75) is 40.2 Å². The summed E-state index contributed by atoms with van der Waals surface area (Å²) in [7, 11) is -1.54. The maximum Gasteiger partial charge on any atom is 0.265 e. The molecule has 1 aromatic heterocycles. The average Bonchev–Trinajstić information content (AvgIpc) is 2.94. The highest BCUT2D eigenvalue weighted by Crippen LogP contribution is 2.35. The van der Waals surface area contributed by atoms with Crippen LogP contribution in [0.3, 0.4) is 0 Å². The molecule has 2 heterocycles. The van der Waals surface area contributed by atoms with Gasteiger partial charge in [-0.05, 0) is 56.5 Å². The number of amides is 1. The molecule has 0 radical (unpaired) electrons. The van der Waals surface area contributed by atoms with E-state index in [1.54, 1.807) is 37.4 Å². The van der Waals surface area contributed by atoms with Crippen molar-refractivity contribution in [2.75, 3.05) is 56.3 Å². The molecule has 0 spiro atoms. The molecule has 0 bridgehead atoms. The van der Waals surface area contributed by atoms with Crippen LogP contribution in [0.5, 0.6) is 17.2 Å². The molecule has 0 unspecified atom stereocenters. The summed E-state index contributed by atoms with van der Waals surface area (Å²) < 4.78 is 41.5. The van der Waals surface area contributed by atoms with Gasteiger partial charge in [-0.15, -0.1) is 0 Å². The third kappa shape index (κ3) is 8.45. The topological polar surface area (TPSA) is 123 Å². The van der Waals surface area contributed by atoms with Gasteiger partial charge in [0.2, 0.25) is 0 Å². The number of methoxy groups -OCH3 is 1. The first-order valence-electron chi connectivity index (χ1n) is 14.3. The molecule has 0 aliphatic carbocycles. The number of sulfone groups is 1. The van der Waals surface area contributed by atoms with E-state index in [4.69, 9.17) is 14.2 Å². The van der Waals surface area contributed by atoms with Gasteiger partial charge in [-0.1, -0.05) is 13.8 Å². The normalized spacial score (nSPS) is 14.4. The van der Waals surface area contributed by atoms with E-state index < -0.39 is 9.84 Å². The number of nitrogens with one attached hydrogen (secondary N) is 1. The van der Waals surface area contributed by atoms with E-state index in [2.05, 4.69) is 20.3 Å². The number of aromatic nitrogens is 2. The first-order chi connectivity index (χ1) is 20.0. The van der Waals surface area contributed by atoms with E-state index in [0.717, 1.165) is 17.0 Å². The van der Waals surface area contributed by atoms with E-state index in [1.807, 2.05) is 38.8 Å². The van der Waals surface area contributed by atoms with Crippen LogP contribution < -0.4 is 24.5 Å². The maximum atomic E-state index is 12.8. The van der Waals surface area contributed by atoms with Crippen LogP contribution >= 0.6 is 0 Å². The fourth-order valence-electron chi connectivity index (χ4n) is 4.82. The fourth-order valence-corrected chi connectivity index (χ4v) is 6.56. The van der Waals surface area contributed by atoms with Crippen LogP contribution in [-0.2, 0) is 9.84 Å². The molecule has 1 aliphatic rings. The summed E-state index contributed by atoms with van der Waals surface area (Å²) in [6.45, 7) is 10.5. The van der Waals surface area contributed by atoms with Crippen LogP contribution in [0.4, 0.5) is 5.82 Å². The van der Waals surface area contributed by atoms with Crippen LogP contribution in [0, 0.1) is 5.92 Å². The second-order valence-corrected chi connectivity index (χ2v) is 13.3. The fraction of sp³-hybridized carbons (Fsp3) is 0.500. The summed E-state index contributed by atoms with van der Waals surface area (Å²) in [6, 6.07) is 10.8. The zero-order valence-corrected chi connectivity index (χ0v) is 25.8. The number of ether oxygens (including phenoxy) is 3. The van der Waals surface area contributed by atoms with Crippen molar-refractivity contribution in [1.29, 1.82) is 0 Å². The molecule has 4 rings (SSSR count). The predicted molar refractivity (Wildman–Crippen MR) is 163 cm³/mol. The highest BCUT2D eigenvalue weighted by Gasteiger charge is 2.23. The highest BCUT2D eigenvalue weighted by atomic mass is 32.2. The van der Waals surface area contributed by atoms with Crippen molar-refractivity contribution >= 4 is 32.5 Å². The predicted octanol–water partition coefficient (Wildman–Crippen LogP) is 3.73. The summed E-state index contributed by atoms with van der Waals surface area (Å²) in [5.41, 5.74) is 4.26. The molecule has 1 N–H and O–H groups in total. The van der Waals surface area contributed by atoms with Crippen LogP contribution in [0.1, 0.15) is 44.5 Å². The van der Waals surface area contributed by atoms with Gasteiger partial charge in [0.1, 0.15) is 17.9 Å². The Hall–Kier alpha value is -3.64. The van der Waals surface area contributed by atoms with E-state index in [1.165, 1.54) is 6.33 Å². The van der Waals surface area contributed by atoms with Gasteiger partial charge in [0.15, 0.2) is 21.3 Å². The van der Waals surface area contributed by atoms with E-state index in [9.17, 15) is 13.2 Å². The summed E-state index contributed by atoms with van der Waals surface area (Å²) in [5.74, 6) is 2.73. The minimum atomic E-state index is -3.10. The van der Waals surface area contributed by atoms with Crippen LogP contribution in [0.2, 0.25) is 0 Å². The monoisotopic (exact) mass is 599 g/mol. The lowest BCUT2D eigenvalue weighted by atomic mass is 10.2. The summed E-state index contributed by atoms with van der Waals surface area (Å²) in [4.78, 5) is 23.9. The molecule has 2 aromatic carbocycles. The quantitative estimate of drug-likeness (QED) is 0.291. The maximum absolute atomic E-state index is 12.8. The van der Waals surface area contributed by atoms with Gasteiger partial charge >= 0.3 is 0 Å². The molecular formula is C30H41N5O6S. The first-order valence-corrected chi connectivity index (χ1v) is 16.1. The molecule has 0 atom stereocenters.